The van der Waals surface area contributed by atoms with Crippen molar-refractivity contribution in [3.63, 3.8) is 0 Å². The molecule has 0 saturated heterocycles. The number of aromatic hydroxyl groups is 1. The molecule has 3 aromatic rings. The molecule has 0 bridgehead atoms. The first-order valence-corrected chi connectivity index (χ1v) is 11.2. The lowest BCUT2D eigenvalue weighted by atomic mass is 10.0. The second kappa shape index (κ2) is 11.3. The van der Waals surface area contributed by atoms with Crippen molar-refractivity contribution < 1.29 is 29.4 Å². The molecule has 0 fully saturated rings. The molecule has 0 aromatic heterocycles. The molecular formula is C23H20Br2N2O6. The van der Waals surface area contributed by atoms with Crippen molar-refractivity contribution in [2.45, 2.75) is 12.2 Å². The van der Waals surface area contributed by atoms with Crippen molar-refractivity contribution in [2.24, 2.45) is 0 Å². The number of rotatable bonds is 7. The fourth-order valence-corrected chi connectivity index (χ4v) is 4.48. The van der Waals surface area contributed by atoms with Gasteiger partial charge in [0.2, 0.25) is 0 Å². The van der Waals surface area contributed by atoms with Gasteiger partial charge in [-0.15, -0.1) is 0 Å². The van der Waals surface area contributed by atoms with Crippen molar-refractivity contribution in [1.29, 1.82) is 0 Å². The lowest BCUT2D eigenvalue weighted by molar-refractivity contribution is -0.124. The first-order valence-electron chi connectivity index (χ1n) is 9.62. The monoisotopic (exact) mass is 578 g/mol. The Labute approximate surface area is 206 Å². The quantitative estimate of drug-likeness (QED) is 0.168. The second-order valence-corrected chi connectivity index (χ2v) is 8.61. The van der Waals surface area contributed by atoms with Gasteiger partial charge in [0.05, 0.1) is 10.2 Å². The maximum Gasteiger partial charge on any atom is 0.412 e. The molecule has 0 aliphatic heterocycles. The number of anilines is 1. The number of carbonyl (C=O) groups excluding carboxylic acids is 2. The van der Waals surface area contributed by atoms with Gasteiger partial charge >= 0.3 is 6.09 Å². The highest BCUT2D eigenvalue weighted by Gasteiger charge is 2.29. The Bertz CT molecular complexity index is 1200. The van der Waals surface area contributed by atoms with E-state index in [1.165, 1.54) is 18.7 Å². The van der Waals surface area contributed by atoms with Gasteiger partial charge in [0, 0.05) is 28.6 Å². The van der Waals surface area contributed by atoms with Gasteiger partial charge in [-0.2, -0.15) is 0 Å². The molecular weight excluding hydrogens is 560 g/mol. The first-order chi connectivity index (χ1) is 15.8. The van der Waals surface area contributed by atoms with Crippen LogP contribution in [0, 0.1) is 0 Å². The topological polar surface area (TPSA) is 117 Å². The number of nitrogens with one attached hydrogen (secondary N) is 2. The molecule has 10 heteroatoms. The SMILES string of the molecule is CO[C@H](/C=C/C(=O)NO)[C@H](OC(=O)Nc1cccc2ccccc12)c1cc(Br)cc(Br)c1O. The highest BCUT2D eigenvalue weighted by atomic mass is 79.9. The average Bonchev–Trinajstić information content (AvgIpc) is 2.81. The molecule has 3 rings (SSSR count). The summed E-state index contributed by atoms with van der Waals surface area (Å²) in [4.78, 5) is 24.4. The van der Waals surface area contributed by atoms with Gasteiger partial charge in [-0.1, -0.05) is 52.3 Å². The first kappa shape index (κ1) is 24.7. The summed E-state index contributed by atoms with van der Waals surface area (Å²) in [6, 6.07) is 16.2. The lowest BCUT2D eigenvalue weighted by Crippen LogP contribution is -2.27. The van der Waals surface area contributed by atoms with Crippen LogP contribution in [-0.2, 0) is 14.3 Å². The second-order valence-electron chi connectivity index (χ2n) is 6.84. The highest BCUT2D eigenvalue weighted by molar-refractivity contribution is 9.11. The number of ether oxygens (including phenoxy) is 2. The number of benzene rings is 3. The van der Waals surface area contributed by atoms with E-state index >= 15 is 0 Å². The van der Waals surface area contributed by atoms with Crippen LogP contribution >= 0.6 is 31.9 Å². The van der Waals surface area contributed by atoms with E-state index in [4.69, 9.17) is 14.7 Å². The maximum absolute atomic E-state index is 12.9. The Morgan fingerprint density at radius 3 is 2.55 bits per heavy atom. The van der Waals surface area contributed by atoms with Crippen LogP contribution in [0.4, 0.5) is 10.5 Å². The largest absolute Gasteiger partial charge is 0.506 e. The molecule has 0 aliphatic carbocycles. The number of hydrogen-bond acceptors (Lipinski definition) is 6. The zero-order valence-corrected chi connectivity index (χ0v) is 20.5. The van der Waals surface area contributed by atoms with Crippen LogP contribution in [0.25, 0.3) is 10.8 Å². The van der Waals surface area contributed by atoms with Gasteiger partial charge in [0.15, 0.2) is 6.10 Å². The van der Waals surface area contributed by atoms with Crippen LogP contribution in [0.2, 0.25) is 0 Å². The Hall–Kier alpha value is -2.92. The van der Waals surface area contributed by atoms with Crippen molar-refractivity contribution in [3.05, 3.63) is 81.3 Å². The summed E-state index contributed by atoms with van der Waals surface area (Å²) in [5, 5.41) is 23.9. The minimum absolute atomic E-state index is 0.164. The van der Waals surface area contributed by atoms with Crippen LogP contribution in [-0.4, -0.2) is 35.5 Å². The van der Waals surface area contributed by atoms with E-state index < -0.39 is 24.2 Å². The number of phenols is 1. The summed E-state index contributed by atoms with van der Waals surface area (Å²) in [6.07, 6.45) is -0.601. The summed E-state index contributed by atoms with van der Waals surface area (Å²) in [5.41, 5.74) is 2.25. The van der Waals surface area contributed by atoms with Gasteiger partial charge in [-0.3, -0.25) is 15.3 Å². The third kappa shape index (κ3) is 6.11. The Balaban J connectivity index is 1.96. The molecule has 3 aromatic carbocycles. The van der Waals surface area contributed by atoms with E-state index in [1.807, 2.05) is 30.3 Å². The molecule has 0 heterocycles. The Kier molecular flexibility index (Phi) is 8.45. The predicted octanol–water partition coefficient (Wildman–Crippen LogP) is 5.44. The number of hydrogen-bond donors (Lipinski definition) is 4. The Morgan fingerprint density at radius 2 is 1.82 bits per heavy atom. The van der Waals surface area contributed by atoms with Crippen LogP contribution < -0.4 is 10.8 Å². The van der Waals surface area contributed by atoms with Gasteiger partial charge in [0.1, 0.15) is 11.9 Å². The average molecular weight is 580 g/mol. The fourth-order valence-electron chi connectivity index (χ4n) is 3.22. The minimum atomic E-state index is -1.15. The zero-order chi connectivity index (χ0) is 24.0. The van der Waals surface area contributed by atoms with E-state index in [9.17, 15) is 14.7 Å². The molecule has 172 valence electrons. The molecule has 0 unspecified atom stereocenters. The number of hydroxylamine groups is 1. The molecule has 0 spiro atoms. The fraction of sp³-hybridized carbons (Fsp3) is 0.130. The molecule has 0 saturated carbocycles. The normalized spacial score (nSPS) is 13.0. The molecule has 8 nitrogen and oxygen atoms in total. The number of halogens is 2. The zero-order valence-electron chi connectivity index (χ0n) is 17.3. The minimum Gasteiger partial charge on any atom is -0.506 e. The van der Waals surface area contributed by atoms with E-state index in [2.05, 4.69) is 37.2 Å². The van der Waals surface area contributed by atoms with Crippen LogP contribution in [0.5, 0.6) is 5.75 Å². The summed E-state index contributed by atoms with van der Waals surface area (Å²) >= 11 is 6.62. The van der Waals surface area contributed by atoms with E-state index in [0.717, 1.165) is 16.8 Å². The van der Waals surface area contributed by atoms with Crippen LogP contribution in [0.3, 0.4) is 0 Å². The van der Waals surface area contributed by atoms with Crippen molar-refractivity contribution in [3.8, 4) is 5.75 Å². The van der Waals surface area contributed by atoms with Crippen molar-refractivity contribution in [2.75, 3.05) is 12.4 Å². The number of amides is 2. The predicted molar refractivity (Wildman–Crippen MR) is 130 cm³/mol. The van der Waals surface area contributed by atoms with E-state index in [1.54, 1.807) is 24.3 Å². The third-order valence-corrected chi connectivity index (χ3v) is 5.80. The highest BCUT2D eigenvalue weighted by Crippen LogP contribution is 2.39. The molecule has 0 radical (unpaired) electrons. The summed E-state index contributed by atoms with van der Waals surface area (Å²) < 4.78 is 12.1. The number of carbonyl (C=O) groups is 2. The third-order valence-electron chi connectivity index (χ3n) is 4.74. The van der Waals surface area contributed by atoms with Gasteiger partial charge < -0.3 is 14.6 Å². The van der Waals surface area contributed by atoms with Gasteiger partial charge in [-0.05, 0) is 45.6 Å². The Morgan fingerprint density at radius 1 is 1.09 bits per heavy atom. The summed E-state index contributed by atoms with van der Waals surface area (Å²) in [6.45, 7) is 0. The van der Waals surface area contributed by atoms with E-state index in [-0.39, 0.29) is 11.3 Å². The molecule has 0 aliphatic rings. The van der Waals surface area contributed by atoms with Crippen molar-refractivity contribution in [1.82, 2.24) is 5.48 Å². The standard InChI is InChI=1S/C23H20Br2N2O6/c1-32-19(9-10-20(28)27-31)22(16-11-14(24)12-17(25)21(16)29)33-23(30)26-18-8-4-6-13-5-2-3-7-15(13)18/h2-12,19,22,29,31H,1H3,(H,26,30)(H,27,28)/b10-9+/t19-,22-/m1/s1. The van der Waals surface area contributed by atoms with Gasteiger partial charge in [0.25, 0.3) is 5.91 Å². The number of fused-ring (bicyclic) bond motifs is 1. The summed E-state index contributed by atoms with van der Waals surface area (Å²) in [7, 11) is 1.36. The van der Waals surface area contributed by atoms with Crippen LogP contribution in [0.15, 0.2) is 75.7 Å². The van der Waals surface area contributed by atoms with E-state index in [0.29, 0.717) is 14.6 Å². The molecule has 4 N–H and O–H groups in total. The van der Waals surface area contributed by atoms with Crippen molar-refractivity contribution >= 4 is 60.3 Å². The number of phenolic OH excluding ortho intramolecular Hbond substituents is 1. The molecule has 2 atom stereocenters. The number of methoxy groups -OCH3 is 1. The van der Waals surface area contributed by atoms with Crippen LogP contribution in [0.1, 0.15) is 11.7 Å². The maximum atomic E-state index is 12.9. The summed E-state index contributed by atoms with van der Waals surface area (Å²) in [5.74, 6) is -0.959. The molecule has 33 heavy (non-hydrogen) atoms. The lowest BCUT2D eigenvalue weighted by Gasteiger charge is -2.25. The smallest absolute Gasteiger partial charge is 0.412 e. The molecule has 2 amide bonds. The van der Waals surface area contributed by atoms with Gasteiger partial charge in [-0.25, -0.2) is 10.3 Å².